The minimum absolute atomic E-state index is 0.0467. The van der Waals surface area contributed by atoms with E-state index in [4.69, 9.17) is 14.6 Å². The van der Waals surface area contributed by atoms with Crippen LogP contribution in [0, 0.1) is 11.3 Å². The number of hydrogen-bond acceptors (Lipinski definition) is 5. The van der Waals surface area contributed by atoms with Gasteiger partial charge in [-0.2, -0.15) is 0 Å². The highest BCUT2D eigenvalue weighted by Gasteiger charge is 2.57. The van der Waals surface area contributed by atoms with Crippen LogP contribution in [0.4, 0.5) is 0 Å². The third kappa shape index (κ3) is 4.94. The van der Waals surface area contributed by atoms with Gasteiger partial charge in [0.15, 0.2) is 0 Å². The molecule has 0 aromatic heterocycles. The molecule has 1 amide bonds. The molecule has 0 aliphatic carbocycles. The van der Waals surface area contributed by atoms with E-state index in [1.807, 2.05) is 0 Å². The topological polar surface area (TPSA) is 107 Å². The van der Waals surface area contributed by atoms with Gasteiger partial charge < -0.3 is 24.7 Å². The summed E-state index contributed by atoms with van der Waals surface area (Å²) in [4.78, 5) is 36.6. The van der Waals surface area contributed by atoms with Crippen molar-refractivity contribution in [1.82, 2.24) is 9.80 Å². The maximum Gasteiger partial charge on any atom is 0.314 e. The monoisotopic (exact) mass is 370 g/mol. The van der Waals surface area contributed by atoms with Crippen LogP contribution in [0.1, 0.15) is 38.5 Å². The maximum atomic E-state index is 12.4. The van der Waals surface area contributed by atoms with Crippen LogP contribution in [0.15, 0.2) is 0 Å². The molecule has 0 bridgehead atoms. The summed E-state index contributed by atoms with van der Waals surface area (Å²) in [5.74, 6) is -0.760. The Kier molecular flexibility index (Phi) is 7.84. The third-order valence-electron chi connectivity index (χ3n) is 5.72. The summed E-state index contributed by atoms with van der Waals surface area (Å²) < 4.78 is 5.35. The van der Waals surface area contributed by atoms with E-state index in [1.54, 1.807) is 4.90 Å². The molecule has 0 aromatic carbocycles. The Morgan fingerprint density at radius 2 is 1.85 bits per heavy atom. The molecule has 26 heavy (non-hydrogen) atoms. The Hall–Kier alpha value is -1.67. The highest BCUT2D eigenvalue weighted by atomic mass is 16.5. The average molecular weight is 370 g/mol. The first-order chi connectivity index (χ1) is 12.5. The fourth-order valence-corrected chi connectivity index (χ4v) is 4.20. The van der Waals surface area contributed by atoms with Gasteiger partial charge in [-0.1, -0.05) is 12.8 Å². The molecule has 0 spiro atoms. The minimum Gasteiger partial charge on any atom is -0.483 e. The summed E-state index contributed by atoms with van der Waals surface area (Å²) in [6, 6.07) is 0. The molecule has 0 radical (unpaired) electrons. The van der Waals surface area contributed by atoms with Crippen LogP contribution >= 0.6 is 0 Å². The first-order valence-electron chi connectivity index (χ1n) is 9.42. The Balaban J connectivity index is 0.000000758. The van der Waals surface area contributed by atoms with Gasteiger partial charge in [-0.3, -0.25) is 14.4 Å². The van der Waals surface area contributed by atoms with Gasteiger partial charge in [0.25, 0.3) is 6.47 Å². The SMILES string of the molecule is O=C(CCCN1CCCCCC1)N1C[C@@H]2COC[C@]2(C(=O)O)C1.O=CO. The van der Waals surface area contributed by atoms with E-state index in [0.29, 0.717) is 26.1 Å². The second-order valence-corrected chi connectivity index (χ2v) is 7.41. The molecule has 3 aliphatic heterocycles. The Morgan fingerprint density at radius 3 is 2.42 bits per heavy atom. The number of fused-ring (bicyclic) bond motifs is 1. The largest absolute Gasteiger partial charge is 0.483 e. The Labute approximate surface area is 154 Å². The summed E-state index contributed by atoms with van der Waals surface area (Å²) in [5.41, 5.74) is -0.861. The number of ether oxygens (including phenoxy) is 1. The fraction of sp³-hybridized carbons (Fsp3) is 0.833. The number of carbonyl (C=O) groups excluding carboxylic acids is 1. The van der Waals surface area contributed by atoms with Crippen LogP contribution in [-0.2, 0) is 19.1 Å². The minimum atomic E-state index is -0.861. The lowest BCUT2D eigenvalue weighted by atomic mass is 9.81. The second kappa shape index (κ2) is 9.87. The van der Waals surface area contributed by atoms with Crippen LogP contribution in [0.25, 0.3) is 0 Å². The zero-order chi connectivity index (χ0) is 19.0. The number of carboxylic acid groups (broad SMARTS) is 2. The first kappa shape index (κ1) is 20.6. The normalized spacial score (nSPS) is 28.6. The van der Waals surface area contributed by atoms with Gasteiger partial charge in [-0.15, -0.1) is 0 Å². The van der Waals surface area contributed by atoms with Crippen molar-refractivity contribution in [3.8, 4) is 0 Å². The number of nitrogens with zero attached hydrogens (tertiary/aromatic N) is 2. The van der Waals surface area contributed by atoms with Crippen molar-refractivity contribution in [2.75, 3.05) is 45.9 Å². The van der Waals surface area contributed by atoms with Crippen molar-refractivity contribution < 1.29 is 29.3 Å². The van der Waals surface area contributed by atoms with E-state index in [-0.39, 0.29) is 24.9 Å². The lowest BCUT2D eigenvalue weighted by molar-refractivity contribution is -0.149. The van der Waals surface area contributed by atoms with E-state index in [1.165, 1.54) is 25.7 Å². The van der Waals surface area contributed by atoms with Gasteiger partial charge in [0.05, 0.1) is 13.2 Å². The zero-order valence-corrected chi connectivity index (χ0v) is 15.3. The van der Waals surface area contributed by atoms with E-state index in [2.05, 4.69) is 4.90 Å². The summed E-state index contributed by atoms with van der Waals surface area (Å²) in [6.45, 7) is 4.59. The van der Waals surface area contributed by atoms with Crippen LogP contribution in [-0.4, -0.2) is 84.3 Å². The standard InChI is InChI=1S/C17H28N2O4.CH2O2/c20-15(6-5-9-18-7-3-1-2-4-8-18)19-10-14-11-23-13-17(14,12-19)16(21)22;2-1-3/h14H,1-13H2,(H,21,22);1H,(H,2,3)/t14-,17-;/m1./s1. The van der Waals surface area contributed by atoms with E-state index < -0.39 is 11.4 Å². The quantitative estimate of drug-likeness (QED) is 0.692. The number of hydrogen-bond donors (Lipinski definition) is 2. The van der Waals surface area contributed by atoms with Crippen molar-refractivity contribution >= 4 is 18.3 Å². The van der Waals surface area contributed by atoms with E-state index >= 15 is 0 Å². The van der Waals surface area contributed by atoms with Crippen molar-refractivity contribution in [2.45, 2.75) is 38.5 Å². The van der Waals surface area contributed by atoms with Crippen molar-refractivity contribution in [1.29, 1.82) is 0 Å². The maximum absolute atomic E-state index is 12.4. The van der Waals surface area contributed by atoms with Gasteiger partial charge in [-0.25, -0.2) is 0 Å². The van der Waals surface area contributed by atoms with E-state index in [0.717, 1.165) is 26.1 Å². The molecule has 2 atom stereocenters. The highest BCUT2D eigenvalue weighted by Crippen LogP contribution is 2.41. The van der Waals surface area contributed by atoms with Crippen molar-refractivity contribution in [3.63, 3.8) is 0 Å². The van der Waals surface area contributed by atoms with Gasteiger partial charge in [0, 0.05) is 25.4 Å². The molecule has 8 nitrogen and oxygen atoms in total. The van der Waals surface area contributed by atoms with Crippen LogP contribution in [0.3, 0.4) is 0 Å². The average Bonchev–Trinajstić information content (AvgIpc) is 3.06. The Bertz CT molecular complexity index is 492. The molecule has 0 unspecified atom stereocenters. The van der Waals surface area contributed by atoms with Gasteiger partial charge in [0.2, 0.25) is 5.91 Å². The smallest absolute Gasteiger partial charge is 0.314 e. The number of likely N-dealkylation sites (tertiary alicyclic amines) is 2. The lowest BCUT2D eigenvalue weighted by Gasteiger charge is -2.23. The molecule has 2 N–H and O–H groups in total. The van der Waals surface area contributed by atoms with Gasteiger partial charge in [-0.05, 0) is 38.9 Å². The molecular formula is C18H30N2O6. The third-order valence-corrected chi connectivity index (χ3v) is 5.72. The van der Waals surface area contributed by atoms with Crippen LogP contribution in [0.2, 0.25) is 0 Å². The number of carbonyl (C=O) groups is 3. The predicted molar refractivity (Wildman–Crippen MR) is 93.8 cm³/mol. The highest BCUT2D eigenvalue weighted by molar-refractivity contribution is 5.81. The fourth-order valence-electron chi connectivity index (χ4n) is 4.20. The van der Waals surface area contributed by atoms with Crippen LogP contribution in [0.5, 0.6) is 0 Å². The van der Waals surface area contributed by atoms with Crippen molar-refractivity contribution in [2.24, 2.45) is 11.3 Å². The Morgan fingerprint density at radius 1 is 1.19 bits per heavy atom. The molecule has 148 valence electrons. The molecular weight excluding hydrogens is 340 g/mol. The van der Waals surface area contributed by atoms with Crippen molar-refractivity contribution in [3.05, 3.63) is 0 Å². The molecule has 3 saturated heterocycles. The molecule has 3 rings (SSSR count). The zero-order valence-electron chi connectivity index (χ0n) is 15.3. The lowest BCUT2D eigenvalue weighted by Crippen LogP contribution is -2.40. The van der Waals surface area contributed by atoms with E-state index in [9.17, 15) is 14.7 Å². The number of carboxylic acids is 1. The van der Waals surface area contributed by atoms with Crippen LogP contribution < -0.4 is 0 Å². The second-order valence-electron chi connectivity index (χ2n) is 7.41. The summed E-state index contributed by atoms with van der Waals surface area (Å²) in [6.07, 6.45) is 6.58. The summed E-state index contributed by atoms with van der Waals surface area (Å²) in [5, 5.41) is 16.4. The summed E-state index contributed by atoms with van der Waals surface area (Å²) >= 11 is 0. The first-order valence-corrected chi connectivity index (χ1v) is 9.42. The number of aliphatic carboxylic acids is 1. The molecule has 3 heterocycles. The molecule has 0 aromatic rings. The predicted octanol–water partition coefficient (Wildman–Crippen LogP) is 0.903. The molecule has 3 fully saturated rings. The van der Waals surface area contributed by atoms with Gasteiger partial charge in [0.1, 0.15) is 5.41 Å². The molecule has 0 saturated carbocycles. The van der Waals surface area contributed by atoms with Gasteiger partial charge >= 0.3 is 5.97 Å². The summed E-state index contributed by atoms with van der Waals surface area (Å²) in [7, 11) is 0. The number of amides is 1. The number of rotatable bonds is 5. The molecule has 8 heteroatoms. The molecule has 3 aliphatic rings.